The Morgan fingerprint density at radius 3 is 2.62 bits per heavy atom. The van der Waals surface area contributed by atoms with Crippen LogP contribution < -0.4 is 5.73 Å². The van der Waals surface area contributed by atoms with Crippen molar-refractivity contribution in [1.82, 2.24) is 9.88 Å². The predicted octanol–water partition coefficient (Wildman–Crippen LogP) is 3.26. The molecule has 5 heteroatoms. The van der Waals surface area contributed by atoms with Crippen LogP contribution in [0.3, 0.4) is 0 Å². The fraction of sp³-hybridized carbons (Fsp3) is 0.474. The number of likely N-dealkylation sites (tertiary alicyclic amines) is 1. The molecule has 2 aromatic rings. The number of nitrogens with two attached hydrogens (primary N) is 1. The van der Waals surface area contributed by atoms with E-state index in [-0.39, 0.29) is 11.3 Å². The van der Waals surface area contributed by atoms with Crippen LogP contribution in [0, 0.1) is 5.92 Å². The zero-order valence-corrected chi connectivity index (χ0v) is 15.3. The molecule has 3 rings (SSSR count). The number of carbonyl (C=O) groups excluding carboxylic acids is 1. The predicted molar refractivity (Wildman–Crippen MR) is 98.4 cm³/mol. The van der Waals surface area contributed by atoms with Gasteiger partial charge in [0.2, 0.25) is 0 Å². The van der Waals surface area contributed by atoms with Crippen molar-refractivity contribution in [3.05, 3.63) is 52.0 Å². The van der Waals surface area contributed by atoms with Crippen LogP contribution in [0.4, 0.5) is 0 Å². The summed E-state index contributed by atoms with van der Waals surface area (Å²) >= 11 is 1.44. The summed E-state index contributed by atoms with van der Waals surface area (Å²) in [6.45, 7) is 8.33. The lowest BCUT2D eigenvalue weighted by molar-refractivity contribution is 0.0788. The SMILES string of the molecule is CC(C)(C)c1ncsc1C(=O)N1C[C@@H](CN)[C@H](c2ccccc2)C1. The van der Waals surface area contributed by atoms with Crippen LogP contribution in [0.15, 0.2) is 35.8 Å². The first kappa shape index (κ1) is 17.1. The summed E-state index contributed by atoms with van der Waals surface area (Å²) in [6.07, 6.45) is 0. The summed E-state index contributed by atoms with van der Waals surface area (Å²) in [5.41, 5.74) is 9.80. The summed E-state index contributed by atoms with van der Waals surface area (Å²) in [6, 6.07) is 10.4. The Morgan fingerprint density at radius 1 is 1.29 bits per heavy atom. The molecule has 2 atom stereocenters. The number of rotatable bonds is 3. The molecule has 1 amide bonds. The molecule has 1 aromatic carbocycles. The van der Waals surface area contributed by atoms with Crippen molar-refractivity contribution >= 4 is 17.2 Å². The second-order valence-electron chi connectivity index (χ2n) is 7.50. The number of amides is 1. The van der Waals surface area contributed by atoms with Gasteiger partial charge in [-0.2, -0.15) is 0 Å². The van der Waals surface area contributed by atoms with Gasteiger partial charge in [0.25, 0.3) is 5.91 Å². The summed E-state index contributed by atoms with van der Waals surface area (Å²) in [5.74, 6) is 0.716. The molecular weight excluding hydrogens is 318 g/mol. The van der Waals surface area contributed by atoms with E-state index >= 15 is 0 Å². The first-order chi connectivity index (χ1) is 11.4. The van der Waals surface area contributed by atoms with Crippen molar-refractivity contribution in [1.29, 1.82) is 0 Å². The number of hydrogen-bond acceptors (Lipinski definition) is 4. The average molecular weight is 343 g/mol. The normalized spacial score (nSPS) is 21.2. The highest BCUT2D eigenvalue weighted by molar-refractivity contribution is 7.11. The van der Waals surface area contributed by atoms with Gasteiger partial charge in [-0.25, -0.2) is 4.98 Å². The maximum Gasteiger partial charge on any atom is 0.265 e. The Morgan fingerprint density at radius 2 is 2.00 bits per heavy atom. The highest BCUT2D eigenvalue weighted by atomic mass is 32.1. The molecule has 1 aromatic heterocycles. The minimum absolute atomic E-state index is 0.0966. The first-order valence-electron chi connectivity index (χ1n) is 8.40. The van der Waals surface area contributed by atoms with Gasteiger partial charge in [0, 0.05) is 24.4 Å². The third-order valence-corrected chi connectivity index (χ3v) is 5.55. The molecule has 1 saturated heterocycles. The molecule has 2 N–H and O–H groups in total. The molecule has 2 heterocycles. The largest absolute Gasteiger partial charge is 0.337 e. The van der Waals surface area contributed by atoms with E-state index in [0.29, 0.717) is 18.4 Å². The monoisotopic (exact) mass is 343 g/mol. The van der Waals surface area contributed by atoms with Gasteiger partial charge in [-0.1, -0.05) is 51.1 Å². The van der Waals surface area contributed by atoms with Crippen LogP contribution >= 0.6 is 11.3 Å². The minimum atomic E-state index is -0.128. The van der Waals surface area contributed by atoms with Gasteiger partial charge in [0.05, 0.1) is 11.2 Å². The van der Waals surface area contributed by atoms with Crippen molar-refractivity contribution in [2.75, 3.05) is 19.6 Å². The van der Waals surface area contributed by atoms with Crippen molar-refractivity contribution in [2.24, 2.45) is 11.7 Å². The molecule has 128 valence electrons. The number of aromatic nitrogens is 1. The number of benzene rings is 1. The van der Waals surface area contributed by atoms with E-state index < -0.39 is 0 Å². The van der Waals surface area contributed by atoms with Gasteiger partial charge in [-0.05, 0) is 18.0 Å². The van der Waals surface area contributed by atoms with Gasteiger partial charge in [0.1, 0.15) is 4.88 Å². The smallest absolute Gasteiger partial charge is 0.265 e. The Balaban J connectivity index is 1.84. The molecule has 0 unspecified atom stereocenters. The molecule has 0 radical (unpaired) electrons. The van der Waals surface area contributed by atoms with Gasteiger partial charge < -0.3 is 10.6 Å². The standard InChI is InChI=1S/C19H25N3OS/c1-19(2,3)17-16(24-12-21-17)18(23)22-10-14(9-20)15(11-22)13-7-5-4-6-8-13/h4-8,12,14-15H,9-11,20H2,1-3H3/t14-,15+/m1/s1. The van der Waals surface area contributed by atoms with Crippen molar-refractivity contribution in [3.8, 4) is 0 Å². The fourth-order valence-electron chi connectivity index (χ4n) is 3.43. The summed E-state index contributed by atoms with van der Waals surface area (Å²) in [5, 5.41) is 0. The second-order valence-corrected chi connectivity index (χ2v) is 8.36. The summed E-state index contributed by atoms with van der Waals surface area (Å²) < 4.78 is 0. The van der Waals surface area contributed by atoms with Crippen molar-refractivity contribution < 1.29 is 4.79 Å². The first-order valence-corrected chi connectivity index (χ1v) is 9.28. The summed E-state index contributed by atoms with van der Waals surface area (Å²) in [4.78, 5) is 20.2. The highest BCUT2D eigenvalue weighted by Crippen LogP contribution is 2.35. The third kappa shape index (κ3) is 3.23. The molecule has 0 saturated carbocycles. The van der Waals surface area contributed by atoms with Crippen LogP contribution in [-0.2, 0) is 5.41 Å². The lowest BCUT2D eigenvalue weighted by Gasteiger charge is -2.21. The van der Waals surface area contributed by atoms with E-state index in [9.17, 15) is 4.79 Å². The molecule has 0 aliphatic carbocycles. The molecule has 0 bridgehead atoms. The Labute approximate surface area is 147 Å². The number of carbonyl (C=O) groups is 1. The van der Waals surface area contributed by atoms with Gasteiger partial charge >= 0.3 is 0 Å². The van der Waals surface area contributed by atoms with Gasteiger partial charge in [-0.3, -0.25) is 4.79 Å². The Hall–Kier alpha value is -1.72. The van der Waals surface area contributed by atoms with E-state index in [1.165, 1.54) is 16.9 Å². The molecule has 1 aliphatic rings. The molecule has 1 aliphatic heterocycles. The van der Waals surface area contributed by atoms with Gasteiger partial charge in [-0.15, -0.1) is 11.3 Å². The van der Waals surface area contributed by atoms with E-state index in [1.54, 1.807) is 5.51 Å². The van der Waals surface area contributed by atoms with Crippen LogP contribution in [-0.4, -0.2) is 35.4 Å². The molecular formula is C19H25N3OS. The molecule has 1 fully saturated rings. The number of thiazole rings is 1. The van der Waals surface area contributed by atoms with Gasteiger partial charge in [0.15, 0.2) is 0 Å². The Bertz CT molecular complexity index is 705. The summed E-state index contributed by atoms with van der Waals surface area (Å²) in [7, 11) is 0. The Kier molecular flexibility index (Phi) is 4.74. The topological polar surface area (TPSA) is 59.2 Å². The van der Waals surface area contributed by atoms with Crippen LogP contribution in [0.2, 0.25) is 0 Å². The molecule has 4 nitrogen and oxygen atoms in total. The van der Waals surface area contributed by atoms with E-state index in [2.05, 4.69) is 37.9 Å². The van der Waals surface area contributed by atoms with Crippen LogP contribution in [0.25, 0.3) is 0 Å². The van der Waals surface area contributed by atoms with Crippen molar-refractivity contribution in [3.63, 3.8) is 0 Å². The lowest BCUT2D eigenvalue weighted by Crippen LogP contribution is -2.31. The van der Waals surface area contributed by atoms with Crippen LogP contribution in [0.1, 0.15) is 47.6 Å². The molecule has 24 heavy (non-hydrogen) atoms. The van der Waals surface area contributed by atoms with Crippen molar-refractivity contribution in [2.45, 2.75) is 32.1 Å². The zero-order valence-electron chi connectivity index (χ0n) is 14.5. The average Bonchev–Trinajstić information content (AvgIpc) is 3.21. The minimum Gasteiger partial charge on any atom is -0.337 e. The fourth-order valence-corrected chi connectivity index (χ4v) is 4.39. The maximum absolute atomic E-state index is 13.1. The van der Waals surface area contributed by atoms with E-state index in [0.717, 1.165) is 23.7 Å². The highest BCUT2D eigenvalue weighted by Gasteiger charge is 2.37. The number of hydrogen-bond donors (Lipinski definition) is 1. The number of nitrogens with zero attached hydrogens (tertiary/aromatic N) is 2. The lowest BCUT2D eigenvalue weighted by atomic mass is 9.89. The van der Waals surface area contributed by atoms with Crippen LogP contribution in [0.5, 0.6) is 0 Å². The molecule has 0 spiro atoms. The zero-order chi connectivity index (χ0) is 17.3. The van der Waals surface area contributed by atoms with E-state index in [1.807, 2.05) is 23.1 Å². The quantitative estimate of drug-likeness (QED) is 0.930. The third-order valence-electron chi connectivity index (χ3n) is 4.73. The maximum atomic E-state index is 13.1. The van der Waals surface area contributed by atoms with E-state index in [4.69, 9.17) is 5.73 Å². The second kappa shape index (κ2) is 6.65.